The lowest BCUT2D eigenvalue weighted by molar-refractivity contribution is 0.235. The van der Waals surface area contributed by atoms with E-state index in [-0.39, 0.29) is 12.1 Å². The number of amides is 2. The predicted octanol–water partition coefficient (Wildman–Crippen LogP) is 2.44. The number of hydrogen-bond acceptors (Lipinski definition) is 4. The third kappa shape index (κ3) is 3.15. The van der Waals surface area contributed by atoms with E-state index in [2.05, 4.69) is 15.8 Å². The molecule has 0 fully saturated rings. The molecule has 0 aliphatic rings. The fourth-order valence-corrected chi connectivity index (χ4v) is 1.78. The summed E-state index contributed by atoms with van der Waals surface area (Å²) in [5, 5.41) is 9.39. The fraction of sp³-hybridized carbons (Fsp3) is 0.385. The molecule has 0 radical (unpaired) electrons. The van der Waals surface area contributed by atoms with Crippen molar-refractivity contribution in [2.75, 3.05) is 0 Å². The van der Waals surface area contributed by atoms with Crippen LogP contribution in [0.3, 0.4) is 0 Å². The Balaban J connectivity index is 1.85. The van der Waals surface area contributed by atoms with Crippen molar-refractivity contribution in [2.45, 2.75) is 33.4 Å². The SMILES string of the molecule is Cc1noc(C)c1CNC(=O)NC(C)c1ccco1. The molecule has 6 heteroatoms. The van der Waals surface area contributed by atoms with Gasteiger partial charge in [-0.05, 0) is 32.9 Å². The smallest absolute Gasteiger partial charge is 0.315 e. The van der Waals surface area contributed by atoms with E-state index in [4.69, 9.17) is 8.94 Å². The molecule has 0 saturated carbocycles. The summed E-state index contributed by atoms with van der Waals surface area (Å²) in [6, 6.07) is 3.16. The molecule has 0 aliphatic carbocycles. The molecule has 1 unspecified atom stereocenters. The molecule has 0 bridgehead atoms. The zero-order valence-corrected chi connectivity index (χ0v) is 11.2. The second kappa shape index (κ2) is 5.60. The molecular formula is C13H17N3O3. The maximum atomic E-state index is 11.8. The van der Waals surface area contributed by atoms with E-state index in [9.17, 15) is 4.79 Å². The highest BCUT2D eigenvalue weighted by molar-refractivity contribution is 5.74. The molecule has 2 amide bonds. The zero-order chi connectivity index (χ0) is 13.8. The third-order valence-corrected chi connectivity index (χ3v) is 2.92. The van der Waals surface area contributed by atoms with Gasteiger partial charge in [0.1, 0.15) is 11.5 Å². The Labute approximate surface area is 111 Å². The highest BCUT2D eigenvalue weighted by atomic mass is 16.5. The minimum Gasteiger partial charge on any atom is -0.467 e. The first-order valence-electron chi connectivity index (χ1n) is 6.07. The Morgan fingerprint density at radius 2 is 2.26 bits per heavy atom. The second-order valence-corrected chi connectivity index (χ2v) is 4.37. The highest BCUT2D eigenvalue weighted by Crippen LogP contribution is 2.13. The van der Waals surface area contributed by atoms with Gasteiger partial charge >= 0.3 is 6.03 Å². The summed E-state index contributed by atoms with van der Waals surface area (Å²) in [6.07, 6.45) is 1.58. The summed E-state index contributed by atoms with van der Waals surface area (Å²) >= 11 is 0. The quantitative estimate of drug-likeness (QED) is 0.887. The average Bonchev–Trinajstić information content (AvgIpc) is 2.98. The molecule has 0 spiro atoms. The van der Waals surface area contributed by atoms with Crippen LogP contribution in [0, 0.1) is 13.8 Å². The van der Waals surface area contributed by atoms with Crippen molar-refractivity contribution in [1.82, 2.24) is 15.8 Å². The normalized spacial score (nSPS) is 12.2. The molecule has 1 atom stereocenters. The number of nitrogens with zero attached hydrogens (tertiary/aromatic N) is 1. The van der Waals surface area contributed by atoms with Crippen LogP contribution in [0.2, 0.25) is 0 Å². The molecule has 0 saturated heterocycles. The number of furan rings is 1. The predicted molar refractivity (Wildman–Crippen MR) is 68.5 cm³/mol. The van der Waals surface area contributed by atoms with Crippen LogP contribution in [0.5, 0.6) is 0 Å². The molecule has 2 aromatic heterocycles. The largest absolute Gasteiger partial charge is 0.467 e. The van der Waals surface area contributed by atoms with Crippen LogP contribution in [0.4, 0.5) is 4.79 Å². The Hall–Kier alpha value is -2.24. The van der Waals surface area contributed by atoms with Gasteiger partial charge in [0.25, 0.3) is 0 Å². The van der Waals surface area contributed by atoms with Gasteiger partial charge in [0.2, 0.25) is 0 Å². The van der Waals surface area contributed by atoms with E-state index in [0.29, 0.717) is 12.3 Å². The maximum Gasteiger partial charge on any atom is 0.315 e. The summed E-state index contributed by atoms with van der Waals surface area (Å²) < 4.78 is 10.2. The van der Waals surface area contributed by atoms with Gasteiger partial charge in [0.15, 0.2) is 0 Å². The number of aryl methyl sites for hydroxylation is 2. The third-order valence-electron chi connectivity index (χ3n) is 2.92. The van der Waals surface area contributed by atoms with Crippen molar-refractivity contribution >= 4 is 6.03 Å². The highest BCUT2D eigenvalue weighted by Gasteiger charge is 2.13. The lowest BCUT2D eigenvalue weighted by Gasteiger charge is -2.12. The number of nitrogens with one attached hydrogen (secondary N) is 2. The zero-order valence-electron chi connectivity index (χ0n) is 11.2. The van der Waals surface area contributed by atoms with Gasteiger partial charge in [-0.3, -0.25) is 0 Å². The van der Waals surface area contributed by atoms with Crippen molar-refractivity contribution in [3.05, 3.63) is 41.2 Å². The van der Waals surface area contributed by atoms with Crippen molar-refractivity contribution in [3.8, 4) is 0 Å². The van der Waals surface area contributed by atoms with Gasteiger partial charge in [0, 0.05) is 12.1 Å². The number of hydrogen-bond donors (Lipinski definition) is 2. The van der Waals surface area contributed by atoms with Crippen LogP contribution in [-0.2, 0) is 6.54 Å². The van der Waals surface area contributed by atoms with Crippen molar-refractivity contribution in [1.29, 1.82) is 0 Å². The first kappa shape index (κ1) is 13.2. The lowest BCUT2D eigenvalue weighted by atomic mass is 10.2. The Kier molecular flexibility index (Phi) is 3.89. The van der Waals surface area contributed by atoms with Crippen LogP contribution in [0.25, 0.3) is 0 Å². The molecule has 2 N–H and O–H groups in total. The molecule has 2 aromatic rings. The van der Waals surface area contributed by atoms with E-state index in [1.54, 1.807) is 12.3 Å². The number of carbonyl (C=O) groups is 1. The second-order valence-electron chi connectivity index (χ2n) is 4.37. The number of rotatable bonds is 4. The monoisotopic (exact) mass is 263 g/mol. The van der Waals surface area contributed by atoms with Crippen LogP contribution < -0.4 is 10.6 Å². The fourth-order valence-electron chi connectivity index (χ4n) is 1.78. The van der Waals surface area contributed by atoms with Crippen LogP contribution in [0.1, 0.15) is 35.7 Å². The summed E-state index contributed by atoms with van der Waals surface area (Å²) in [4.78, 5) is 11.8. The minimum absolute atomic E-state index is 0.181. The van der Waals surface area contributed by atoms with E-state index >= 15 is 0 Å². The van der Waals surface area contributed by atoms with Crippen molar-refractivity contribution in [2.24, 2.45) is 0 Å². The first-order chi connectivity index (χ1) is 9.08. The number of urea groups is 1. The van der Waals surface area contributed by atoms with Crippen molar-refractivity contribution < 1.29 is 13.7 Å². The lowest BCUT2D eigenvalue weighted by Crippen LogP contribution is -2.36. The average molecular weight is 263 g/mol. The summed E-state index contributed by atoms with van der Waals surface area (Å²) in [5.74, 6) is 1.43. The molecule has 2 rings (SSSR count). The van der Waals surface area contributed by atoms with Gasteiger partial charge in [-0.15, -0.1) is 0 Å². The maximum absolute atomic E-state index is 11.8. The molecule has 0 aliphatic heterocycles. The van der Waals surface area contributed by atoms with Crippen LogP contribution in [0.15, 0.2) is 27.3 Å². The molecule has 102 valence electrons. The first-order valence-corrected chi connectivity index (χ1v) is 6.07. The van der Waals surface area contributed by atoms with Crippen LogP contribution in [-0.4, -0.2) is 11.2 Å². The van der Waals surface area contributed by atoms with E-state index in [0.717, 1.165) is 17.0 Å². The molecule has 6 nitrogen and oxygen atoms in total. The van der Waals surface area contributed by atoms with E-state index < -0.39 is 0 Å². The summed E-state index contributed by atoms with van der Waals surface area (Å²) in [7, 11) is 0. The topological polar surface area (TPSA) is 80.3 Å². The van der Waals surface area contributed by atoms with E-state index in [1.165, 1.54) is 0 Å². The van der Waals surface area contributed by atoms with Gasteiger partial charge in [-0.25, -0.2) is 4.79 Å². The van der Waals surface area contributed by atoms with Gasteiger partial charge < -0.3 is 19.6 Å². The molecule has 2 heterocycles. The standard InChI is InChI=1S/C13H17N3O3/c1-8-11(10(3)19-16-8)7-14-13(17)15-9(2)12-5-4-6-18-12/h4-6,9H,7H2,1-3H3,(H2,14,15,17). The molecule has 19 heavy (non-hydrogen) atoms. The Morgan fingerprint density at radius 1 is 1.47 bits per heavy atom. The van der Waals surface area contributed by atoms with E-state index in [1.807, 2.05) is 26.8 Å². The Morgan fingerprint density at radius 3 is 2.84 bits per heavy atom. The number of carbonyl (C=O) groups excluding carboxylic acids is 1. The summed E-state index contributed by atoms with van der Waals surface area (Å²) in [6.45, 7) is 5.91. The number of aromatic nitrogens is 1. The van der Waals surface area contributed by atoms with Gasteiger partial charge in [-0.1, -0.05) is 5.16 Å². The molecule has 0 aromatic carbocycles. The Bertz CT molecular complexity index is 526. The minimum atomic E-state index is -0.260. The van der Waals surface area contributed by atoms with Crippen molar-refractivity contribution in [3.63, 3.8) is 0 Å². The van der Waals surface area contributed by atoms with Gasteiger partial charge in [-0.2, -0.15) is 0 Å². The van der Waals surface area contributed by atoms with Crippen LogP contribution >= 0.6 is 0 Å². The van der Waals surface area contributed by atoms with Gasteiger partial charge in [0.05, 0.1) is 18.0 Å². The molecular weight excluding hydrogens is 246 g/mol. The summed E-state index contributed by atoms with van der Waals surface area (Å²) in [5.41, 5.74) is 1.69.